The molecule has 1 atom stereocenters. The zero-order valence-corrected chi connectivity index (χ0v) is 9.02. The van der Waals surface area contributed by atoms with Crippen molar-refractivity contribution in [2.24, 2.45) is 5.28 Å². The first-order chi connectivity index (χ1) is 7.69. The highest BCUT2D eigenvalue weighted by molar-refractivity contribution is 5.15. The summed E-state index contributed by atoms with van der Waals surface area (Å²) >= 11 is 0. The Morgan fingerprint density at radius 2 is 2.06 bits per heavy atom. The lowest BCUT2D eigenvalue weighted by Gasteiger charge is -2.21. The largest absolute Gasteiger partial charge is 0.569 e. The normalized spacial score (nSPS) is 13.5. The molecule has 0 aliphatic rings. The summed E-state index contributed by atoms with van der Waals surface area (Å²) in [7, 11) is 1.45. The van der Waals surface area contributed by atoms with Crippen LogP contribution >= 0.6 is 0 Å². The molecule has 0 fully saturated rings. The Morgan fingerprint density at radius 3 is 2.56 bits per heavy atom. The van der Waals surface area contributed by atoms with Crippen LogP contribution in [0.1, 0.15) is 5.56 Å². The number of nitrogens with zero attached hydrogens (tertiary/aromatic N) is 3. The first-order valence-electron chi connectivity index (χ1n) is 4.88. The number of aliphatic hydroxyl groups is 1. The van der Waals surface area contributed by atoms with Crippen LogP contribution in [0.3, 0.4) is 0 Å². The Kier molecular flexibility index (Phi) is 4.53. The quantitative estimate of drug-likeness (QED) is 0.441. The number of rotatable bonds is 5. The van der Waals surface area contributed by atoms with Gasteiger partial charge in [0.25, 0.3) is 0 Å². The Hall–Kier alpha value is -1.82. The zero-order chi connectivity index (χ0) is 12.0. The lowest BCUT2D eigenvalue weighted by molar-refractivity contribution is -0.711. The second kappa shape index (κ2) is 5.92. The van der Waals surface area contributed by atoms with Gasteiger partial charge < -0.3 is 15.5 Å². The van der Waals surface area contributed by atoms with E-state index in [-0.39, 0.29) is 11.6 Å². The van der Waals surface area contributed by atoms with Gasteiger partial charge in [0.1, 0.15) is 6.04 Å². The molecule has 0 unspecified atom stereocenters. The van der Waals surface area contributed by atoms with Crippen LogP contribution in [0.25, 0.3) is 0 Å². The van der Waals surface area contributed by atoms with Gasteiger partial charge in [-0.25, -0.2) is 0 Å². The first kappa shape index (κ1) is 12.3. The van der Waals surface area contributed by atoms with Gasteiger partial charge in [0.05, 0.1) is 18.6 Å². The Bertz CT molecular complexity index is 342. The molecule has 6 heteroatoms. The monoisotopic (exact) mass is 225 g/mol. The molecule has 0 spiro atoms. The molecule has 0 saturated heterocycles. The fourth-order valence-electron chi connectivity index (χ4n) is 1.40. The second-order valence-corrected chi connectivity index (χ2v) is 3.44. The predicted octanol–water partition coefficient (Wildman–Crippen LogP) is 0.788. The second-order valence-electron chi connectivity index (χ2n) is 3.44. The minimum atomic E-state index is -0.421. The van der Waals surface area contributed by atoms with Crippen molar-refractivity contribution >= 4 is 0 Å². The third-order valence-corrected chi connectivity index (χ3v) is 2.40. The number of hydrogen-bond acceptors (Lipinski definition) is 3. The van der Waals surface area contributed by atoms with E-state index in [1.165, 1.54) is 7.05 Å². The van der Waals surface area contributed by atoms with Crippen LogP contribution in [0.2, 0.25) is 0 Å². The standard InChI is InChI=1S/C10H15N3O3/c1-12(13(16)11-15)10(8-14)7-9-5-3-2-4-6-9/h2-6,10,14-15H,7-8H2,1H3/b13-11-/t10-/m0/s1. The van der Waals surface area contributed by atoms with Crippen molar-refractivity contribution in [3.63, 3.8) is 0 Å². The number of benzene rings is 1. The molecule has 1 aromatic rings. The van der Waals surface area contributed by atoms with Crippen molar-refractivity contribution in [3.8, 4) is 0 Å². The van der Waals surface area contributed by atoms with Gasteiger partial charge in [0.2, 0.25) is 5.28 Å². The van der Waals surface area contributed by atoms with Crippen LogP contribution in [0.15, 0.2) is 35.6 Å². The summed E-state index contributed by atoms with van der Waals surface area (Å²) in [5.41, 5.74) is 1.000. The molecule has 1 aromatic carbocycles. The highest BCUT2D eigenvalue weighted by Gasteiger charge is 2.20. The molecular weight excluding hydrogens is 210 g/mol. The van der Waals surface area contributed by atoms with Crippen molar-refractivity contribution < 1.29 is 15.3 Å². The fraction of sp³-hybridized carbons (Fsp3) is 0.400. The van der Waals surface area contributed by atoms with Gasteiger partial charge >= 0.3 is 0 Å². The topological polar surface area (TPSA) is 82.1 Å². The van der Waals surface area contributed by atoms with E-state index in [4.69, 9.17) is 5.21 Å². The van der Waals surface area contributed by atoms with Crippen LogP contribution in [-0.2, 0) is 6.42 Å². The summed E-state index contributed by atoms with van der Waals surface area (Å²) in [6.07, 6.45) is 0.502. The summed E-state index contributed by atoms with van der Waals surface area (Å²) < 4.78 is 0. The van der Waals surface area contributed by atoms with Gasteiger partial charge in [-0.3, -0.25) is 0 Å². The number of hydrogen-bond donors (Lipinski definition) is 2. The Labute approximate surface area is 93.6 Å². The van der Waals surface area contributed by atoms with Crippen LogP contribution in [0.4, 0.5) is 0 Å². The van der Waals surface area contributed by atoms with Crippen molar-refractivity contribution in [1.29, 1.82) is 0 Å². The number of likely N-dealkylation sites (N-methyl/N-ethyl adjacent to an activating group) is 1. The molecule has 0 aliphatic carbocycles. The molecule has 2 N–H and O–H groups in total. The van der Waals surface area contributed by atoms with E-state index in [0.29, 0.717) is 6.42 Å². The van der Waals surface area contributed by atoms with Crippen molar-refractivity contribution in [2.45, 2.75) is 12.5 Å². The van der Waals surface area contributed by atoms with Crippen molar-refractivity contribution in [1.82, 2.24) is 5.01 Å². The van der Waals surface area contributed by atoms with Gasteiger partial charge in [0, 0.05) is 6.42 Å². The fourth-order valence-corrected chi connectivity index (χ4v) is 1.40. The molecule has 0 saturated carbocycles. The summed E-state index contributed by atoms with van der Waals surface area (Å²) in [5, 5.41) is 32.1. The predicted molar refractivity (Wildman–Crippen MR) is 56.6 cm³/mol. The molecule has 0 aromatic heterocycles. The maximum atomic E-state index is 11.0. The van der Waals surface area contributed by atoms with Gasteiger partial charge in [-0.05, 0) is 5.56 Å². The highest BCUT2D eigenvalue weighted by atomic mass is 16.6. The number of aliphatic hydroxyl groups excluding tert-OH is 1. The third kappa shape index (κ3) is 3.09. The Morgan fingerprint density at radius 1 is 1.44 bits per heavy atom. The van der Waals surface area contributed by atoms with Crippen LogP contribution in [0, 0.1) is 5.21 Å². The molecule has 0 heterocycles. The zero-order valence-electron chi connectivity index (χ0n) is 9.02. The summed E-state index contributed by atoms with van der Waals surface area (Å²) in [5.74, 6) is 0. The first-order valence-corrected chi connectivity index (χ1v) is 4.88. The number of hydrazine groups is 1. The molecule has 6 nitrogen and oxygen atoms in total. The summed E-state index contributed by atoms with van der Waals surface area (Å²) in [6.45, 7) is -0.195. The highest BCUT2D eigenvalue weighted by Crippen LogP contribution is 2.07. The average molecular weight is 225 g/mol. The van der Waals surface area contributed by atoms with E-state index >= 15 is 0 Å². The van der Waals surface area contributed by atoms with Crippen LogP contribution in [-0.4, -0.2) is 40.0 Å². The molecule has 0 bridgehead atoms. The van der Waals surface area contributed by atoms with Gasteiger partial charge in [-0.2, -0.15) is 0 Å². The maximum Gasteiger partial charge on any atom is 0.230 e. The third-order valence-electron chi connectivity index (χ3n) is 2.40. The van der Waals surface area contributed by atoms with E-state index in [2.05, 4.69) is 5.28 Å². The van der Waals surface area contributed by atoms with Gasteiger partial charge in [-0.1, -0.05) is 30.3 Å². The van der Waals surface area contributed by atoms with E-state index in [0.717, 1.165) is 10.6 Å². The molecule has 16 heavy (non-hydrogen) atoms. The SMILES string of the molecule is CN([C@H](CO)Cc1ccccc1)/[N+]([O-])=N/O. The van der Waals surface area contributed by atoms with E-state index in [1.807, 2.05) is 30.3 Å². The molecule has 0 radical (unpaired) electrons. The van der Waals surface area contributed by atoms with E-state index < -0.39 is 6.04 Å². The molecule has 0 amide bonds. The Balaban J connectivity index is 2.69. The lowest BCUT2D eigenvalue weighted by atomic mass is 10.1. The van der Waals surface area contributed by atoms with E-state index in [1.54, 1.807) is 0 Å². The molecular formula is C10H15N3O3. The molecule has 1 rings (SSSR count). The molecule has 88 valence electrons. The minimum absolute atomic E-state index is 0.0455. The van der Waals surface area contributed by atoms with Crippen LogP contribution in [0.5, 0.6) is 0 Å². The van der Waals surface area contributed by atoms with Crippen molar-refractivity contribution in [2.75, 3.05) is 13.7 Å². The minimum Gasteiger partial charge on any atom is -0.569 e. The summed E-state index contributed by atoms with van der Waals surface area (Å²) in [4.78, 5) is 0.0455. The van der Waals surface area contributed by atoms with Gasteiger partial charge in [-0.15, -0.1) is 5.01 Å². The average Bonchev–Trinajstić information content (AvgIpc) is 2.35. The van der Waals surface area contributed by atoms with E-state index in [9.17, 15) is 10.3 Å². The maximum absolute atomic E-state index is 11.0. The van der Waals surface area contributed by atoms with Gasteiger partial charge in [0.15, 0.2) is 0 Å². The summed E-state index contributed by atoms with van der Waals surface area (Å²) in [6, 6.07) is 9.05. The van der Waals surface area contributed by atoms with Crippen molar-refractivity contribution in [3.05, 3.63) is 41.1 Å². The smallest absolute Gasteiger partial charge is 0.230 e. The van der Waals surface area contributed by atoms with Crippen LogP contribution < -0.4 is 0 Å². The lowest BCUT2D eigenvalue weighted by Crippen LogP contribution is -2.40. The molecule has 0 aliphatic heterocycles.